The number of halogens is 3. The minimum atomic E-state index is -4.54. The van der Waals surface area contributed by atoms with Gasteiger partial charge in [0.25, 0.3) is 0 Å². The Hall–Kier alpha value is -2.83. The molecule has 5 heterocycles. The molecule has 3 aromatic rings. The van der Waals surface area contributed by atoms with E-state index in [0.29, 0.717) is 37.8 Å². The van der Waals surface area contributed by atoms with Gasteiger partial charge in [0.2, 0.25) is 11.8 Å². The zero-order valence-corrected chi connectivity index (χ0v) is 18.2. The van der Waals surface area contributed by atoms with E-state index in [-0.39, 0.29) is 25.0 Å². The third kappa shape index (κ3) is 3.67. The smallest absolute Gasteiger partial charge is 0.347 e. The van der Waals surface area contributed by atoms with Gasteiger partial charge in [0.1, 0.15) is 16.7 Å². The monoisotopic (exact) mass is 466 g/mol. The van der Waals surface area contributed by atoms with Crippen molar-refractivity contribution in [1.29, 1.82) is 0 Å². The maximum absolute atomic E-state index is 13.2. The van der Waals surface area contributed by atoms with Crippen LogP contribution in [0.1, 0.15) is 36.3 Å². The van der Waals surface area contributed by atoms with Gasteiger partial charge in [0, 0.05) is 31.1 Å². The van der Waals surface area contributed by atoms with Gasteiger partial charge in [-0.2, -0.15) is 23.1 Å². The molecule has 5 rings (SSSR count). The summed E-state index contributed by atoms with van der Waals surface area (Å²) >= 11 is 1.60. The molecule has 32 heavy (non-hydrogen) atoms. The van der Waals surface area contributed by atoms with E-state index in [1.165, 1.54) is 4.88 Å². The molecular weight excluding hydrogens is 445 g/mol. The quantitative estimate of drug-likeness (QED) is 0.530. The van der Waals surface area contributed by atoms with Crippen LogP contribution >= 0.6 is 11.3 Å². The standard InChI is InChI=1S/C19H21F3N8OS/c1-2-3-12-8-13-15(23-18(24-16(13)32-12)29-5-4-11(9-29)27-31)28-6-7-30-14(10-28)25-26-17(30)19(20,21)22/h8,11H,2-7,9-10H2,1H3. The van der Waals surface area contributed by atoms with Gasteiger partial charge in [0.15, 0.2) is 5.82 Å². The van der Waals surface area contributed by atoms with Gasteiger partial charge >= 0.3 is 6.18 Å². The van der Waals surface area contributed by atoms with E-state index in [1.54, 1.807) is 11.3 Å². The lowest BCUT2D eigenvalue weighted by atomic mass is 10.2. The van der Waals surface area contributed by atoms with E-state index in [2.05, 4.69) is 28.4 Å². The van der Waals surface area contributed by atoms with E-state index in [1.807, 2.05) is 9.80 Å². The largest absolute Gasteiger partial charge is 0.451 e. The van der Waals surface area contributed by atoms with Crippen LogP contribution in [0.3, 0.4) is 0 Å². The number of rotatable bonds is 5. The molecule has 2 aliphatic rings. The van der Waals surface area contributed by atoms with Crippen molar-refractivity contribution in [3.05, 3.63) is 27.5 Å². The summed E-state index contributed by atoms with van der Waals surface area (Å²) in [5.41, 5.74) is 0. The highest BCUT2D eigenvalue weighted by atomic mass is 32.1. The first-order chi connectivity index (χ1) is 15.4. The zero-order valence-electron chi connectivity index (χ0n) is 17.3. The molecule has 3 aromatic heterocycles. The number of alkyl halides is 3. The van der Waals surface area contributed by atoms with Crippen LogP contribution in [0.15, 0.2) is 11.2 Å². The second-order valence-electron chi connectivity index (χ2n) is 8.03. The van der Waals surface area contributed by atoms with Crippen LogP contribution in [-0.4, -0.2) is 50.4 Å². The number of aromatic nitrogens is 5. The van der Waals surface area contributed by atoms with Crippen molar-refractivity contribution in [3.63, 3.8) is 0 Å². The first kappa shape index (κ1) is 21.0. The maximum Gasteiger partial charge on any atom is 0.451 e. The molecule has 170 valence electrons. The van der Waals surface area contributed by atoms with E-state index in [9.17, 15) is 18.1 Å². The van der Waals surface area contributed by atoms with Crippen molar-refractivity contribution in [2.75, 3.05) is 29.4 Å². The lowest BCUT2D eigenvalue weighted by Crippen LogP contribution is -2.36. The fourth-order valence-electron chi connectivity index (χ4n) is 4.26. The summed E-state index contributed by atoms with van der Waals surface area (Å²) < 4.78 is 40.8. The number of nitrogens with zero attached hydrogens (tertiary/aromatic N) is 8. The molecule has 1 saturated heterocycles. The summed E-state index contributed by atoms with van der Waals surface area (Å²) in [4.78, 5) is 26.4. The van der Waals surface area contributed by atoms with Crippen LogP contribution in [0.5, 0.6) is 0 Å². The number of nitroso groups, excluding NO2 is 1. The fourth-order valence-corrected chi connectivity index (χ4v) is 5.37. The molecule has 0 aliphatic carbocycles. The fraction of sp³-hybridized carbons (Fsp3) is 0.579. The number of thiophene rings is 1. The van der Waals surface area contributed by atoms with Crippen LogP contribution in [-0.2, 0) is 25.7 Å². The molecule has 0 spiro atoms. The predicted molar refractivity (Wildman–Crippen MR) is 114 cm³/mol. The van der Waals surface area contributed by atoms with Gasteiger partial charge in [-0.3, -0.25) is 0 Å². The average Bonchev–Trinajstić information content (AvgIpc) is 3.49. The second-order valence-corrected chi connectivity index (χ2v) is 9.15. The summed E-state index contributed by atoms with van der Waals surface area (Å²) in [5.74, 6) is 0.485. The summed E-state index contributed by atoms with van der Waals surface area (Å²) in [6.45, 7) is 3.84. The Morgan fingerprint density at radius 1 is 1.19 bits per heavy atom. The summed E-state index contributed by atoms with van der Waals surface area (Å²) in [5, 5.41) is 11.2. The van der Waals surface area contributed by atoms with E-state index >= 15 is 0 Å². The summed E-state index contributed by atoms with van der Waals surface area (Å²) in [7, 11) is 0. The van der Waals surface area contributed by atoms with Crippen LogP contribution < -0.4 is 9.80 Å². The minimum absolute atomic E-state index is 0.116. The lowest BCUT2D eigenvalue weighted by molar-refractivity contribution is -0.147. The second kappa shape index (κ2) is 7.94. The van der Waals surface area contributed by atoms with Crippen LogP contribution in [0.25, 0.3) is 10.2 Å². The van der Waals surface area contributed by atoms with Gasteiger partial charge in [-0.1, -0.05) is 18.5 Å². The average molecular weight is 466 g/mol. The van der Waals surface area contributed by atoms with Crippen molar-refractivity contribution in [1.82, 2.24) is 24.7 Å². The SMILES string of the molecule is CCCc1cc2c(N3CCn4c(nnc4C(F)(F)F)C3)nc(N3CCC(N=O)C3)nc2s1. The highest BCUT2D eigenvalue weighted by molar-refractivity contribution is 7.18. The Balaban J connectivity index is 1.53. The molecule has 0 radical (unpaired) electrons. The van der Waals surface area contributed by atoms with Gasteiger partial charge in [-0.25, -0.2) is 4.98 Å². The Morgan fingerprint density at radius 2 is 2.03 bits per heavy atom. The van der Waals surface area contributed by atoms with Gasteiger partial charge in [-0.15, -0.1) is 21.5 Å². The summed E-state index contributed by atoms with van der Waals surface area (Å²) in [6, 6.07) is 1.79. The number of hydrogen-bond acceptors (Lipinski definition) is 9. The molecule has 13 heteroatoms. The van der Waals surface area contributed by atoms with Crippen molar-refractivity contribution in [3.8, 4) is 0 Å². The van der Waals surface area contributed by atoms with E-state index in [0.717, 1.165) is 27.6 Å². The normalized spacial score (nSPS) is 19.1. The van der Waals surface area contributed by atoms with E-state index < -0.39 is 12.0 Å². The molecule has 0 N–H and O–H groups in total. The highest BCUT2D eigenvalue weighted by Crippen LogP contribution is 2.36. The van der Waals surface area contributed by atoms with Gasteiger partial charge in [-0.05, 0) is 18.9 Å². The first-order valence-corrected chi connectivity index (χ1v) is 11.3. The maximum atomic E-state index is 13.2. The third-order valence-electron chi connectivity index (χ3n) is 5.81. The first-order valence-electron chi connectivity index (χ1n) is 10.5. The molecule has 0 bridgehead atoms. The van der Waals surface area contributed by atoms with Gasteiger partial charge < -0.3 is 14.4 Å². The number of anilines is 2. The third-order valence-corrected chi connectivity index (χ3v) is 6.90. The molecule has 1 unspecified atom stereocenters. The highest BCUT2D eigenvalue weighted by Gasteiger charge is 2.40. The van der Waals surface area contributed by atoms with E-state index in [4.69, 9.17) is 9.97 Å². The zero-order chi connectivity index (χ0) is 22.5. The molecule has 0 saturated carbocycles. The molecule has 2 aliphatic heterocycles. The topological polar surface area (TPSA) is 92.4 Å². The summed E-state index contributed by atoms with van der Waals surface area (Å²) in [6.07, 6.45) is -1.98. The van der Waals surface area contributed by atoms with Crippen LogP contribution in [0, 0.1) is 4.91 Å². The van der Waals surface area contributed by atoms with Crippen LogP contribution in [0.2, 0.25) is 0 Å². The minimum Gasteiger partial charge on any atom is -0.347 e. The molecule has 0 amide bonds. The Kier molecular flexibility index (Phi) is 5.22. The molecule has 1 atom stereocenters. The van der Waals surface area contributed by atoms with Crippen LogP contribution in [0.4, 0.5) is 24.9 Å². The Morgan fingerprint density at radius 3 is 2.75 bits per heavy atom. The lowest BCUT2D eigenvalue weighted by Gasteiger charge is -2.30. The molecule has 0 aromatic carbocycles. The Labute approximate surface area is 185 Å². The number of hydrogen-bond donors (Lipinski definition) is 0. The van der Waals surface area contributed by atoms with Crippen molar-refractivity contribution in [2.24, 2.45) is 5.18 Å². The number of fused-ring (bicyclic) bond motifs is 2. The molecule has 1 fully saturated rings. The predicted octanol–water partition coefficient (Wildman–Crippen LogP) is 3.62. The van der Waals surface area contributed by atoms with Crippen molar-refractivity contribution in [2.45, 2.75) is 51.5 Å². The Bertz CT molecular complexity index is 1160. The number of aryl methyl sites for hydroxylation is 1. The van der Waals surface area contributed by atoms with Crippen molar-refractivity contribution >= 4 is 33.3 Å². The van der Waals surface area contributed by atoms with Crippen molar-refractivity contribution < 1.29 is 13.2 Å². The molecular formula is C19H21F3N8OS. The van der Waals surface area contributed by atoms with Gasteiger partial charge in [0.05, 0.1) is 11.9 Å². The molecule has 9 nitrogen and oxygen atoms in total.